The highest BCUT2D eigenvalue weighted by Crippen LogP contribution is 2.46. The molecular formula is C55H63F9N6O4. The number of likely N-dealkylation sites (tertiary alicyclic amines) is 2. The molecule has 4 aliphatic heterocycles. The number of nitrogens with zero attached hydrogens (tertiary/aromatic N) is 4. The molecular weight excluding hydrogens is 980 g/mol. The van der Waals surface area contributed by atoms with Gasteiger partial charge in [-0.25, -0.2) is 35.1 Å². The van der Waals surface area contributed by atoms with Gasteiger partial charge in [0.15, 0.2) is 0 Å². The number of alkyl halides is 5. The van der Waals surface area contributed by atoms with Gasteiger partial charge in [-0.05, 0) is 62.3 Å². The van der Waals surface area contributed by atoms with Gasteiger partial charge in [0.05, 0.1) is 31.8 Å². The third-order valence-corrected chi connectivity index (χ3v) is 15.1. The van der Waals surface area contributed by atoms with Crippen molar-refractivity contribution in [2.24, 2.45) is 5.92 Å². The number of rotatable bonds is 18. The first-order valence-electron chi connectivity index (χ1n) is 25.4. The van der Waals surface area contributed by atoms with E-state index in [0.717, 1.165) is 76.7 Å². The minimum absolute atomic E-state index is 0.0156. The quantitative estimate of drug-likeness (QED) is 0.0632. The summed E-state index contributed by atoms with van der Waals surface area (Å²) >= 11 is 0. The average Bonchev–Trinajstić information content (AvgIpc) is 3.89. The Morgan fingerprint density at radius 1 is 0.635 bits per heavy atom. The molecule has 0 amide bonds. The lowest BCUT2D eigenvalue weighted by Crippen LogP contribution is -2.53. The van der Waals surface area contributed by atoms with Crippen molar-refractivity contribution in [2.45, 2.75) is 88.6 Å². The lowest BCUT2D eigenvalue weighted by molar-refractivity contribution is -0.0870. The number of hydrogen-bond donors (Lipinski definition) is 4. The van der Waals surface area contributed by atoms with Crippen molar-refractivity contribution in [1.82, 2.24) is 29.6 Å². The van der Waals surface area contributed by atoms with Crippen LogP contribution in [0.1, 0.15) is 79.3 Å². The van der Waals surface area contributed by atoms with E-state index in [-0.39, 0.29) is 28.7 Å². The summed E-state index contributed by atoms with van der Waals surface area (Å²) in [6.07, 6.45) is 2.12. The predicted octanol–water partition coefficient (Wildman–Crippen LogP) is 9.96. The Labute approximate surface area is 424 Å². The summed E-state index contributed by atoms with van der Waals surface area (Å²) < 4.78 is 144. The van der Waals surface area contributed by atoms with Crippen LogP contribution in [0.5, 0.6) is 11.5 Å². The first-order valence-corrected chi connectivity index (χ1v) is 25.4. The van der Waals surface area contributed by atoms with Gasteiger partial charge in [0.2, 0.25) is 0 Å². The molecule has 74 heavy (non-hydrogen) atoms. The number of hydrogen-bond acceptors (Lipinski definition) is 8. The van der Waals surface area contributed by atoms with Crippen molar-refractivity contribution in [3.63, 3.8) is 0 Å². The van der Waals surface area contributed by atoms with Crippen LogP contribution in [0.25, 0.3) is 21.8 Å². The fourth-order valence-corrected chi connectivity index (χ4v) is 11.2. The first-order chi connectivity index (χ1) is 35.4. The molecule has 10 rings (SSSR count). The maximum atomic E-state index is 15.6. The van der Waals surface area contributed by atoms with Gasteiger partial charge in [-0.2, -0.15) is 0 Å². The van der Waals surface area contributed by atoms with E-state index in [2.05, 4.69) is 21.8 Å². The molecule has 6 aromatic rings. The molecule has 4 aromatic carbocycles. The molecule has 10 nitrogen and oxygen atoms in total. The number of aromatic amines is 2. The monoisotopic (exact) mass is 1040 g/mol. The Morgan fingerprint density at radius 3 is 1.53 bits per heavy atom. The van der Waals surface area contributed by atoms with Crippen LogP contribution in [-0.4, -0.2) is 149 Å². The number of benzene rings is 4. The van der Waals surface area contributed by atoms with Crippen molar-refractivity contribution in [2.75, 3.05) is 78.9 Å². The van der Waals surface area contributed by atoms with Gasteiger partial charge in [0.1, 0.15) is 60.7 Å². The van der Waals surface area contributed by atoms with E-state index in [1.165, 1.54) is 9.80 Å². The molecule has 0 radical (unpaired) electrons. The van der Waals surface area contributed by atoms with Crippen molar-refractivity contribution in [1.29, 1.82) is 0 Å². The summed E-state index contributed by atoms with van der Waals surface area (Å²) in [4.78, 5) is 13.4. The second-order valence-electron chi connectivity index (χ2n) is 20.4. The Morgan fingerprint density at radius 2 is 1.08 bits per heavy atom. The number of aliphatic hydroxyl groups excluding tert-OH is 2. The highest BCUT2D eigenvalue weighted by molar-refractivity contribution is 5.86. The van der Waals surface area contributed by atoms with Gasteiger partial charge < -0.3 is 29.7 Å². The molecule has 0 aliphatic carbocycles. The second kappa shape index (κ2) is 22.1. The molecule has 19 heteroatoms. The standard InChI is InChI=1S/C28H33F4N3O2.C27H30F5N3O2/c1-3-18-13-34(14-18)8-9-37-19-11-22(29)25(23(30)12-19)27-26-21(20-6-4-5-7-24(20)33-26)10-17(2)35(27)15-28(31,32)16-36;1-16-9-20-19-5-2-3-6-23(19)33-25(20)26(35(16)14-27(31,32)15-36)24-21(29)10-17(11-22(24)30)37-18-12-34(13-18)8-4-7-28/h4-7,11-12,17-18,27,33,36H,3,8-10,13-16H2,1-2H3;2-3,5-6,10-11,16,18,26,33,36H,4,7-9,12-15H2,1H3/t17-,27-;16-,26-/m11/s1. The molecule has 0 saturated carbocycles. The number of para-hydroxylation sites is 2. The number of halogens is 9. The summed E-state index contributed by atoms with van der Waals surface area (Å²) in [5.41, 5.74) is 3.51. The zero-order valence-electron chi connectivity index (χ0n) is 41.6. The summed E-state index contributed by atoms with van der Waals surface area (Å²) in [6.45, 7) is 5.48. The predicted molar refractivity (Wildman–Crippen MR) is 264 cm³/mol. The van der Waals surface area contributed by atoms with Crippen LogP contribution in [0.4, 0.5) is 39.5 Å². The summed E-state index contributed by atoms with van der Waals surface area (Å²) in [5.74, 6) is -9.61. The number of nitrogens with one attached hydrogen (secondary N) is 2. The Balaban J connectivity index is 0.000000182. The van der Waals surface area contributed by atoms with Crippen LogP contribution >= 0.6 is 0 Å². The van der Waals surface area contributed by atoms with E-state index in [1.54, 1.807) is 13.8 Å². The zero-order valence-corrected chi connectivity index (χ0v) is 41.6. The number of fused-ring (bicyclic) bond motifs is 6. The molecule has 0 unspecified atom stereocenters. The van der Waals surface area contributed by atoms with Crippen molar-refractivity contribution >= 4 is 21.8 Å². The maximum Gasteiger partial charge on any atom is 0.283 e. The van der Waals surface area contributed by atoms with Gasteiger partial charge in [0.25, 0.3) is 11.8 Å². The van der Waals surface area contributed by atoms with Crippen LogP contribution in [0.2, 0.25) is 0 Å². The van der Waals surface area contributed by atoms with Crippen LogP contribution in [0, 0.1) is 29.2 Å². The van der Waals surface area contributed by atoms with Gasteiger partial charge in [0, 0.05) is 120 Å². The molecule has 4 aliphatic rings. The van der Waals surface area contributed by atoms with E-state index in [4.69, 9.17) is 9.47 Å². The van der Waals surface area contributed by atoms with Gasteiger partial charge >= 0.3 is 0 Å². The Bertz CT molecular complexity index is 2850. The van der Waals surface area contributed by atoms with E-state index < -0.39 is 92.3 Å². The summed E-state index contributed by atoms with van der Waals surface area (Å²) in [7, 11) is 0. The number of ether oxygens (including phenoxy) is 2. The average molecular weight is 1040 g/mol. The topological polar surface area (TPSA) is 103 Å². The highest BCUT2D eigenvalue weighted by atomic mass is 19.3. The van der Waals surface area contributed by atoms with Gasteiger partial charge in [-0.15, -0.1) is 0 Å². The third-order valence-electron chi connectivity index (χ3n) is 15.1. The van der Waals surface area contributed by atoms with E-state index in [0.29, 0.717) is 69.4 Å². The zero-order chi connectivity index (χ0) is 52.6. The van der Waals surface area contributed by atoms with Crippen LogP contribution in [0.3, 0.4) is 0 Å². The SMILES string of the molecule is CCC1CN(CCOc2cc(F)c([C@@H]3c4[nH]c5ccccc5c4C[C@@H](C)N3CC(F)(F)CO)c(F)c2)C1.C[C@@H]1Cc2c([nH]c3ccccc23)[C@@H](c2c(F)cc(OC3CN(CCCF)C3)cc2F)N1CC(F)(F)CO. The smallest absolute Gasteiger partial charge is 0.283 e. The third kappa shape index (κ3) is 11.1. The van der Waals surface area contributed by atoms with Crippen molar-refractivity contribution < 1.29 is 59.2 Å². The van der Waals surface area contributed by atoms with Crippen LogP contribution < -0.4 is 9.47 Å². The molecule has 6 heterocycles. The molecule has 4 N–H and O–H groups in total. The molecule has 400 valence electrons. The molecule has 2 saturated heterocycles. The van der Waals surface area contributed by atoms with Gasteiger partial charge in [-0.3, -0.25) is 24.0 Å². The largest absolute Gasteiger partial charge is 0.492 e. The minimum Gasteiger partial charge on any atom is -0.492 e. The van der Waals surface area contributed by atoms with Crippen LogP contribution in [0.15, 0.2) is 72.8 Å². The van der Waals surface area contributed by atoms with E-state index in [9.17, 15) is 32.2 Å². The minimum atomic E-state index is -3.45. The van der Waals surface area contributed by atoms with E-state index in [1.807, 2.05) is 53.4 Å². The lowest BCUT2D eigenvalue weighted by Gasteiger charge is -2.42. The summed E-state index contributed by atoms with van der Waals surface area (Å²) in [5, 5.41) is 20.3. The molecule has 0 spiro atoms. The maximum absolute atomic E-state index is 15.6. The highest BCUT2D eigenvalue weighted by Gasteiger charge is 2.45. The molecule has 4 atom stereocenters. The van der Waals surface area contributed by atoms with Crippen molar-refractivity contribution in [3.05, 3.63) is 130 Å². The second-order valence-corrected chi connectivity index (χ2v) is 20.4. The fourth-order valence-electron chi connectivity index (χ4n) is 11.2. The normalized spacial score (nSPS) is 21.3. The molecule has 2 fully saturated rings. The fraction of sp³-hybridized carbons (Fsp3) is 0.491. The van der Waals surface area contributed by atoms with Crippen LogP contribution in [-0.2, 0) is 12.8 Å². The summed E-state index contributed by atoms with van der Waals surface area (Å²) in [6, 6.07) is 16.1. The molecule has 2 aromatic heterocycles. The Hall–Kier alpha value is -5.31. The van der Waals surface area contributed by atoms with Crippen molar-refractivity contribution in [3.8, 4) is 11.5 Å². The lowest BCUT2D eigenvalue weighted by atomic mass is 9.87. The number of aromatic nitrogens is 2. The molecule has 0 bridgehead atoms. The number of H-pyrrole nitrogens is 2. The number of aliphatic hydroxyl groups is 2. The van der Waals surface area contributed by atoms with Gasteiger partial charge in [-0.1, -0.05) is 49.7 Å². The Kier molecular flexibility index (Phi) is 16.0. The first kappa shape index (κ1) is 53.5. The van der Waals surface area contributed by atoms with E-state index >= 15 is 17.6 Å².